The van der Waals surface area contributed by atoms with E-state index in [9.17, 15) is 4.79 Å². The summed E-state index contributed by atoms with van der Waals surface area (Å²) in [4.78, 5) is 19.4. The van der Waals surface area contributed by atoms with Gasteiger partial charge >= 0.3 is 0 Å². The Balaban J connectivity index is 1.45. The second kappa shape index (κ2) is 8.27. The minimum atomic E-state index is -0.177. The quantitative estimate of drug-likeness (QED) is 0.524. The van der Waals surface area contributed by atoms with Crippen LogP contribution in [0.2, 0.25) is 10.0 Å². The molecule has 144 valence electrons. The number of hydrogen-bond acceptors (Lipinski definition) is 3. The van der Waals surface area contributed by atoms with Gasteiger partial charge in [0, 0.05) is 40.9 Å². The molecule has 4 rings (SSSR count). The van der Waals surface area contributed by atoms with Crippen LogP contribution in [0.15, 0.2) is 53.1 Å². The highest BCUT2D eigenvalue weighted by atomic mass is 79.9. The van der Waals surface area contributed by atoms with E-state index in [0.717, 1.165) is 41.3 Å². The first-order chi connectivity index (χ1) is 13.5. The van der Waals surface area contributed by atoms with E-state index < -0.39 is 0 Å². The summed E-state index contributed by atoms with van der Waals surface area (Å²) in [7, 11) is 0. The molecule has 2 heterocycles. The molecule has 0 unspecified atom stereocenters. The number of fused-ring (bicyclic) bond motifs is 1. The van der Waals surface area contributed by atoms with Gasteiger partial charge in [-0.15, -0.1) is 0 Å². The molecule has 1 fully saturated rings. The summed E-state index contributed by atoms with van der Waals surface area (Å²) in [5.74, 6) is -0.177. The van der Waals surface area contributed by atoms with Crippen LogP contribution >= 0.6 is 39.1 Å². The van der Waals surface area contributed by atoms with E-state index >= 15 is 0 Å². The van der Waals surface area contributed by atoms with Gasteiger partial charge in [-0.2, -0.15) is 0 Å². The fourth-order valence-electron chi connectivity index (χ4n) is 3.61. The Bertz CT molecular complexity index is 1040. The second-order valence-corrected chi connectivity index (χ2v) is 8.44. The van der Waals surface area contributed by atoms with Crippen molar-refractivity contribution in [3.63, 3.8) is 0 Å². The third kappa shape index (κ3) is 3.84. The number of para-hydroxylation sites is 1. The average molecular weight is 479 g/mol. The molecule has 1 N–H and O–H groups in total. The molecule has 7 heteroatoms. The van der Waals surface area contributed by atoms with Gasteiger partial charge in [-0.05, 0) is 53.0 Å². The Morgan fingerprint density at radius 3 is 2.64 bits per heavy atom. The number of amides is 1. The minimum Gasteiger partial charge on any atom is -0.371 e. The van der Waals surface area contributed by atoms with Crippen LogP contribution in [-0.4, -0.2) is 30.0 Å². The Labute approximate surface area is 182 Å². The number of rotatable bonds is 3. The van der Waals surface area contributed by atoms with Crippen LogP contribution in [0.25, 0.3) is 10.9 Å². The summed E-state index contributed by atoms with van der Waals surface area (Å²) < 4.78 is 0.993. The SMILES string of the molecule is O=C(NC1CCN(c2ccnc3c(Br)cccc23)CC1)c1cccc(Cl)c1Cl. The van der Waals surface area contributed by atoms with Gasteiger partial charge in [-0.1, -0.05) is 41.4 Å². The maximum atomic E-state index is 12.6. The Morgan fingerprint density at radius 2 is 1.86 bits per heavy atom. The largest absolute Gasteiger partial charge is 0.371 e. The first kappa shape index (κ1) is 19.5. The maximum Gasteiger partial charge on any atom is 0.253 e. The summed E-state index contributed by atoms with van der Waals surface area (Å²) in [6.07, 6.45) is 3.57. The number of carbonyl (C=O) groups is 1. The fraction of sp³-hybridized carbons (Fsp3) is 0.238. The highest BCUT2D eigenvalue weighted by molar-refractivity contribution is 9.10. The van der Waals surface area contributed by atoms with Crippen LogP contribution in [-0.2, 0) is 0 Å². The second-order valence-electron chi connectivity index (χ2n) is 6.80. The molecule has 28 heavy (non-hydrogen) atoms. The van der Waals surface area contributed by atoms with Crippen molar-refractivity contribution in [2.75, 3.05) is 18.0 Å². The van der Waals surface area contributed by atoms with Crippen molar-refractivity contribution in [3.8, 4) is 0 Å². The van der Waals surface area contributed by atoms with Crippen LogP contribution in [0, 0.1) is 0 Å². The van der Waals surface area contributed by atoms with Crippen LogP contribution in [0.3, 0.4) is 0 Å². The summed E-state index contributed by atoms with van der Waals surface area (Å²) >= 11 is 15.8. The summed E-state index contributed by atoms with van der Waals surface area (Å²) in [6.45, 7) is 1.72. The average Bonchev–Trinajstić information content (AvgIpc) is 2.70. The summed E-state index contributed by atoms with van der Waals surface area (Å²) in [5, 5.41) is 4.91. The van der Waals surface area contributed by atoms with Gasteiger partial charge in [0.05, 0.1) is 21.1 Å². The third-order valence-electron chi connectivity index (χ3n) is 5.07. The highest BCUT2D eigenvalue weighted by Gasteiger charge is 2.23. The van der Waals surface area contributed by atoms with Crippen molar-refractivity contribution < 1.29 is 4.79 Å². The maximum absolute atomic E-state index is 12.6. The van der Waals surface area contributed by atoms with Crippen molar-refractivity contribution in [3.05, 3.63) is 68.7 Å². The molecule has 4 nitrogen and oxygen atoms in total. The lowest BCUT2D eigenvalue weighted by molar-refractivity contribution is 0.0931. The van der Waals surface area contributed by atoms with Gasteiger partial charge in [0.1, 0.15) is 0 Å². The van der Waals surface area contributed by atoms with Crippen LogP contribution in [0.5, 0.6) is 0 Å². The van der Waals surface area contributed by atoms with Crippen molar-refractivity contribution >= 4 is 61.6 Å². The molecule has 0 aliphatic carbocycles. The molecule has 0 atom stereocenters. The first-order valence-corrected chi connectivity index (χ1v) is 10.6. The molecule has 0 bridgehead atoms. The van der Waals surface area contributed by atoms with Crippen molar-refractivity contribution in [2.24, 2.45) is 0 Å². The standard InChI is InChI=1S/C21H18BrCl2N3O/c22-16-5-1-3-14-18(7-10-25-20(14)16)27-11-8-13(9-12-27)26-21(28)15-4-2-6-17(23)19(15)24/h1-7,10,13H,8-9,11-12H2,(H,26,28). The Morgan fingerprint density at radius 1 is 1.11 bits per heavy atom. The fourth-order valence-corrected chi connectivity index (χ4v) is 4.46. The van der Waals surface area contributed by atoms with E-state index in [1.165, 1.54) is 5.69 Å². The third-order valence-corrected chi connectivity index (χ3v) is 6.52. The zero-order chi connectivity index (χ0) is 19.7. The van der Waals surface area contributed by atoms with E-state index in [0.29, 0.717) is 15.6 Å². The molecular formula is C21H18BrCl2N3O. The minimum absolute atomic E-state index is 0.110. The number of nitrogens with one attached hydrogen (secondary N) is 1. The number of nitrogens with zero attached hydrogens (tertiary/aromatic N) is 2. The summed E-state index contributed by atoms with van der Waals surface area (Å²) in [5.41, 5.74) is 2.56. The smallest absolute Gasteiger partial charge is 0.253 e. The predicted molar refractivity (Wildman–Crippen MR) is 119 cm³/mol. The van der Waals surface area contributed by atoms with E-state index in [2.05, 4.69) is 43.3 Å². The molecule has 0 spiro atoms. The monoisotopic (exact) mass is 477 g/mol. The van der Waals surface area contributed by atoms with E-state index in [1.807, 2.05) is 18.3 Å². The van der Waals surface area contributed by atoms with Crippen LogP contribution in [0.1, 0.15) is 23.2 Å². The molecule has 1 saturated heterocycles. The van der Waals surface area contributed by atoms with Gasteiger partial charge in [0.25, 0.3) is 5.91 Å². The van der Waals surface area contributed by atoms with Crippen molar-refractivity contribution in [1.82, 2.24) is 10.3 Å². The molecule has 3 aromatic rings. The molecule has 2 aromatic carbocycles. The molecule has 1 aliphatic heterocycles. The molecule has 1 aromatic heterocycles. The van der Waals surface area contributed by atoms with Crippen LogP contribution < -0.4 is 10.2 Å². The number of carbonyl (C=O) groups excluding carboxylic acids is 1. The molecule has 0 saturated carbocycles. The van der Waals surface area contributed by atoms with E-state index in [1.54, 1.807) is 18.2 Å². The zero-order valence-corrected chi connectivity index (χ0v) is 18.1. The first-order valence-electron chi connectivity index (χ1n) is 9.07. The topological polar surface area (TPSA) is 45.2 Å². The zero-order valence-electron chi connectivity index (χ0n) is 15.0. The lowest BCUT2D eigenvalue weighted by Gasteiger charge is -2.34. The van der Waals surface area contributed by atoms with Crippen LogP contribution in [0.4, 0.5) is 5.69 Å². The number of benzene rings is 2. The van der Waals surface area contributed by atoms with Crippen molar-refractivity contribution in [1.29, 1.82) is 0 Å². The van der Waals surface area contributed by atoms with Gasteiger partial charge in [-0.25, -0.2) is 0 Å². The number of hydrogen-bond donors (Lipinski definition) is 1. The lowest BCUT2D eigenvalue weighted by atomic mass is 10.0. The number of aromatic nitrogens is 1. The molecule has 1 aliphatic rings. The van der Waals surface area contributed by atoms with Gasteiger partial charge < -0.3 is 10.2 Å². The van der Waals surface area contributed by atoms with E-state index in [-0.39, 0.29) is 11.9 Å². The number of pyridine rings is 1. The number of halogens is 3. The summed E-state index contributed by atoms with van der Waals surface area (Å²) in [6, 6.07) is 13.4. The Kier molecular flexibility index (Phi) is 5.76. The lowest BCUT2D eigenvalue weighted by Crippen LogP contribution is -2.44. The van der Waals surface area contributed by atoms with Crippen molar-refractivity contribution in [2.45, 2.75) is 18.9 Å². The Hall–Kier alpha value is -1.82. The molecular weight excluding hydrogens is 461 g/mol. The van der Waals surface area contributed by atoms with Gasteiger partial charge in [0.2, 0.25) is 0 Å². The van der Waals surface area contributed by atoms with E-state index in [4.69, 9.17) is 23.2 Å². The number of piperidine rings is 1. The normalized spacial score (nSPS) is 15.0. The molecule has 1 amide bonds. The highest BCUT2D eigenvalue weighted by Crippen LogP contribution is 2.31. The van der Waals surface area contributed by atoms with Gasteiger partial charge in [0.15, 0.2) is 0 Å². The number of anilines is 1. The molecule has 0 radical (unpaired) electrons. The predicted octanol–water partition coefficient (Wildman–Crippen LogP) is 5.70. The van der Waals surface area contributed by atoms with Gasteiger partial charge in [-0.3, -0.25) is 9.78 Å².